The fourth-order valence-electron chi connectivity index (χ4n) is 2.78. The maximum atomic E-state index is 13.0. The molecule has 3 aromatic rings. The van der Waals surface area contributed by atoms with E-state index in [-0.39, 0.29) is 16.4 Å². The second-order valence-corrected chi connectivity index (χ2v) is 6.42. The molecule has 2 heterocycles. The molecule has 2 aromatic heterocycles. The number of halogens is 4. The predicted molar refractivity (Wildman–Crippen MR) is 94.5 cm³/mol. The minimum absolute atomic E-state index is 0.0127. The molecule has 2 N–H and O–H groups in total. The van der Waals surface area contributed by atoms with Crippen LogP contribution in [-0.4, -0.2) is 24.8 Å². The van der Waals surface area contributed by atoms with Crippen molar-refractivity contribution in [2.24, 2.45) is 12.8 Å². The summed E-state index contributed by atoms with van der Waals surface area (Å²) in [4.78, 5) is 36.2. The van der Waals surface area contributed by atoms with Gasteiger partial charge < -0.3 is 5.73 Å². The summed E-state index contributed by atoms with van der Waals surface area (Å²) < 4.78 is 41.1. The standard InChI is InChI=1S/C16H13ClF3N5O3/c1-7(14(21)27)25-10-5-8(3-4-9(10)13(17)22-25)24-12(26)6-11(16(18,19)20)23(2)15(24)28/h3-7H,1-2H3,(H2,21,27). The molecule has 1 aromatic carbocycles. The van der Waals surface area contributed by atoms with E-state index in [2.05, 4.69) is 5.10 Å². The number of alkyl halides is 3. The maximum absolute atomic E-state index is 13.0. The number of carbonyl (C=O) groups excluding carboxylic acids is 1. The molecule has 3 rings (SSSR count). The number of amides is 1. The van der Waals surface area contributed by atoms with Crippen molar-refractivity contribution in [2.75, 3.05) is 0 Å². The van der Waals surface area contributed by atoms with Crippen molar-refractivity contribution >= 4 is 28.4 Å². The highest BCUT2D eigenvalue weighted by atomic mass is 35.5. The quantitative estimate of drug-likeness (QED) is 0.701. The highest BCUT2D eigenvalue weighted by molar-refractivity contribution is 6.34. The van der Waals surface area contributed by atoms with Gasteiger partial charge in [-0.15, -0.1) is 0 Å². The first-order chi connectivity index (χ1) is 12.9. The third kappa shape index (κ3) is 3.07. The van der Waals surface area contributed by atoms with Crippen LogP contribution in [0.15, 0.2) is 33.9 Å². The van der Waals surface area contributed by atoms with E-state index in [4.69, 9.17) is 17.3 Å². The van der Waals surface area contributed by atoms with Gasteiger partial charge in [0.05, 0.1) is 11.2 Å². The summed E-state index contributed by atoms with van der Waals surface area (Å²) in [5.74, 6) is -0.700. The van der Waals surface area contributed by atoms with Gasteiger partial charge in [-0.3, -0.25) is 18.8 Å². The summed E-state index contributed by atoms with van der Waals surface area (Å²) in [7, 11) is 0.913. The fourth-order valence-corrected chi connectivity index (χ4v) is 3.02. The highest BCUT2D eigenvalue weighted by Gasteiger charge is 2.35. The van der Waals surface area contributed by atoms with Crippen molar-refractivity contribution < 1.29 is 18.0 Å². The molecule has 1 amide bonds. The molecule has 0 radical (unpaired) electrons. The summed E-state index contributed by atoms with van der Waals surface area (Å²) in [6.07, 6.45) is -4.86. The molecule has 0 aliphatic rings. The molecular weight excluding hydrogens is 403 g/mol. The van der Waals surface area contributed by atoms with E-state index in [0.717, 1.165) is 7.05 Å². The van der Waals surface area contributed by atoms with Crippen molar-refractivity contribution in [1.82, 2.24) is 18.9 Å². The first kappa shape index (κ1) is 19.7. The van der Waals surface area contributed by atoms with Crippen LogP contribution in [0, 0.1) is 0 Å². The Morgan fingerprint density at radius 3 is 2.46 bits per heavy atom. The van der Waals surface area contributed by atoms with Gasteiger partial charge in [-0.05, 0) is 25.1 Å². The van der Waals surface area contributed by atoms with Crippen molar-refractivity contribution in [3.63, 3.8) is 0 Å². The second kappa shape index (κ2) is 6.51. The largest absolute Gasteiger partial charge is 0.431 e. The second-order valence-electron chi connectivity index (χ2n) is 6.06. The molecule has 1 unspecified atom stereocenters. The minimum atomic E-state index is -4.86. The van der Waals surface area contributed by atoms with Crippen LogP contribution in [0.3, 0.4) is 0 Å². The van der Waals surface area contributed by atoms with Gasteiger partial charge in [0.1, 0.15) is 11.7 Å². The summed E-state index contributed by atoms with van der Waals surface area (Å²) >= 11 is 6.04. The van der Waals surface area contributed by atoms with Gasteiger partial charge in [-0.1, -0.05) is 11.6 Å². The Hall–Kier alpha value is -3.08. The number of rotatable bonds is 3. The normalized spacial score (nSPS) is 13.1. The van der Waals surface area contributed by atoms with Crippen molar-refractivity contribution in [1.29, 1.82) is 0 Å². The Morgan fingerprint density at radius 2 is 1.89 bits per heavy atom. The Labute approximate surface area is 159 Å². The fraction of sp³-hybridized carbons (Fsp3) is 0.250. The van der Waals surface area contributed by atoms with E-state index in [9.17, 15) is 27.6 Å². The molecule has 0 saturated carbocycles. The molecule has 0 aliphatic carbocycles. The number of primary amides is 1. The number of benzene rings is 1. The number of fused-ring (bicyclic) bond motifs is 1. The molecule has 12 heteroatoms. The number of carbonyl (C=O) groups is 1. The van der Waals surface area contributed by atoms with Crippen LogP contribution in [0.1, 0.15) is 18.7 Å². The first-order valence-electron chi connectivity index (χ1n) is 7.81. The van der Waals surface area contributed by atoms with Crippen LogP contribution < -0.4 is 17.0 Å². The van der Waals surface area contributed by atoms with Gasteiger partial charge in [0.2, 0.25) is 5.91 Å². The van der Waals surface area contributed by atoms with Crippen LogP contribution in [0.2, 0.25) is 5.15 Å². The van der Waals surface area contributed by atoms with Gasteiger partial charge in [0.15, 0.2) is 5.15 Å². The first-order valence-corrected chi connectivity index (χ1v) is 8.19. The summed E-state index contributed by atoms with van der Waals surface area (Å²) in [6.45, 7) is 1.47. The number of nitrogens with zero attached hydrogens (tertiary/aromatic N) is 4. The predicted octanol–water partition coefficient (Wildman–Crippen LogP) is 1.60. The van der Waals surface area contributed by atoms with Crippen LogP contribution in [0.25, 0.3) is 16.6 Å². The Bertz CT molecular complexity index is 1230. The summed E-state index contributed by atoms with van der Waals surface area (Å²) in [5.41, 5.74) is 1.85. The van der Waals surface area contributed by atoms with Crippen LogP contribution in [0.5, 0.6) is 0 Å². The molecule has 0 fully saturated rings. The van der Waals surface area contributed by atoms with Gasteiger partial charge in [0, 0.05) is 18.5 Å². The van der Waals surface area contributed by atoms with Crippen LogP contribution in [0.4, 0.5) is 13.2 Å². The minimum Gasteiger partial charge on any atom is -0.368 e. The summed E-state index contributed by atoms with van der Waals surface area (Å²) in [6, 6.07) is 3.54. The molecule has 0 saturated heterocycles. The zero-order chi connectivity index (χ0) is 21.0. The lowest BCUT2D eigenvalue weighted by atomic mass is 10.2. The van der Waals surface area contributed by atoms with Crippen LogP contribution >= 0.6 is 11.6 Å². The maximum Gasteiger partial charge on any atom is 0.431 e. The highest BCUT2D eigenvalue weighted by Crippen LogP contribution is 2.28. The molecule has 8 nitrogen and oxygen atoms in total. The molecular formula is C16H13ClF3N5O3. The Balaban J connectivity index is 2.30. The van der Waals surface area contributed by atoms with Crippen molar-refractivity contribution in [2.45, 2.75) is 19.1 Å². The monoisotopic (exact) mass is 415 g/mol. The topological polar surface area (TPSA) is 105 Å². The Kier molecular flexibility index (Phi) is 4.58. The third-order valence-corrected chi connectivity index (χ3v) is 4.57. The zero-order valence-corrected chi connectivity index (χ0v) is 15.2. The van der Waals surface area contributed by atoms with Gasteiger partial charge in [-0.25, -0.2) is 9.36 Å². The molecule has 1 atom stereocenters. The number of aromatic nitrogens is 4. The average Bonchev–Trinajstić information content (AvgIpc) is 2.93. The number of hydrogen-bond donors (Lipinski definition) is 1. The van der Waals surface area contributed by atoms with Crippen LogP contribution in [-0.2, 0) is 18.0 Å². The van der Waals surface area contributed by atoms with E-state index in [1.807, 2.05) is 0 Å². The lowest BCUT2D eigenvalue weighted by Gasteiger charge is -2.14. The van der Waals surface area contributed by atoms with E-state index in [0.29, 0.717) is 20.6 Å². The van der Waals surface area contributed by atoms with E-state index in [1.54, 1.807) is 0 Å². The lowest BCUT2D eigenvalue weighted by Crippen LogP contribution is -2.40. The van der Waals surface area contributed by atoms with Crippen molar-refractivity contribution in [3.05, 3.63) is 56.0 Å². The van der Waals surface area contributed by atoms with E-state index in [1.165, 1.54) is 29.8 Å². The SMILES string of the molecule is CC(C(N)=O)n1nc(Cl)c2ccc(-n3c(=O)cc(C(F)(F)F)n(C)c3=O)cc21. The van der Waals surface area contributed by atoms with Gasteiger partial charge >= 0.3 is 11.9 Å². The zero-order valence-electron chi connectivity index (χ0n) is 14.5. The third-order valence-electron chi connectivity index (χ3n) is 4.29. The summed E-state index contributed by atoms with van der Waals surface area (Å²) in [5, 5.41) is 4.49. The lowest BCUT2D eigenvalue weighted by molar-refractivity contribution is -0.144. The van der Waals surface area contributed by atoms with E-state index >= 15 is 0 Å². The molecule has 28 heavy (non-hydrogen) atoms. The molecule has 0 spiro atoms. The van der Waals surface area contributed by atoms with Gasteiger partial charge in [0.25, 0.3) is 5.56 Å². The Morgan fingerprint density at radius 1 is 1.25 bits per heavy atom. The van der Waals surface area contributed by atoms with Crippen molar-refractivity contribution in [3.8, 4) is 5.69 Å². The number of hydrogen-bond acceptors (Lipinski definition) is 4. The molecule has 148 valence electrons. The molecule has 0 bridgehead atoms. The average molecular weight is 416 g/mol. The van der Waals surface area contributed by atoms with E-state index < -0.39 is 35.1 Å². The van der Waals surface area contributed by atoms with Gasteiger partial charge in [-0.2, -0.15) is 18.3 Å². The smallest absolute Gasteiger partial charge is 0.368 e. The number of nitrogens with two attached hydrogens (primary N) is 1. The molecule has 0 aliphatic heterocycles.